The third-order valence-electron chi connectivity index (χ3n) is 3.63. The van der Waals surface area contributed by atoms with Crippen molar-refractivity contribution < 1.29 is 13.2 Å². The molecule has 1 unspecified atom stereocenters. The minimum atomic E-state index is -3.58. The van der Waals surface area contributed by atoms with E-state index >= 15 is 0 Å². The highest BCUT2D eigenvalue weighted by molar-refractivity contribution is 7.90. The number of rotatable bonds is 7. The molecule has 0 radical (unpaired) electrons. The SMILES string of the molecule is CCCCC(N=C1NS(=O)(=O)c2ccccc21)C(=O)NCCC. The van der Waals surface area contributed by atoms with Gasteiger partial charge in [-0.15, -0.1) is 0 Å². The van der Waals surface area contributed by atoms with Crippen molar-refractivity contribution in [1.29, 1.82) is 0 Å². The number of sulfonamides is 1. The second-order valence-corrected chi connectivity index (χ2v) is 7.18. The number of benzene rings is 1. The van der Waals surface area contributed by atoms with Gasteiger partial charge in [0.25, 0.3) is 10.0 Å². The normalized spacial score (nSPS) is 18.3. The van der Waals surface area contributed by atoms with E-state index < -0.39 is 16.1 Å². The zero-order chi connectivity index (χ0) is 16.9. The molecule has 0 aromatic heterocycles. The Labute approximate surface area is 137 Å². The first-order valence-corrected chi connectivity index (χ1v) is 9.45. The standard InChI is InChI=1S/C16H23N3O3S/c1-3-5-9-13(16(20)17-11-4-2)18-15-12-8-6-7-10-14(12)23(21,22)19-15/h6-8,10,13H,3-5,9,11H2,1-2H3,(H,17,20)(H,18,19). The zero-order valence-electron chi connectivity index (χ0n) is 13.5. The van der Waals surface area contributed by atoms with E-state index in [0.29, 0.717) is 18.5 Å². The Morgan fingerprint density at radius 2 is 2.00 bits per heavy atom. The summed E-state index contributed by atoms with van der Waals surface area (Å²) in [5.74, 6) is 0.102. The Bertz CT molecular complexity index is 698. The van der Waals surface area contributed by atoms with Gasteiger partial charge in [-0.2, -0.15) is 0 Å². The van der Waals surface area contributed by atoms with Crippen LogP contribution in [-0.2, 0) is 14.8 Å². The third-order valence-corrected chi connectivity index (χ3v) is 5.03. The molecular weight excluding hydrogens is 314 g/mol. The lowest BCUT2D eigenvalue weighted by atomic mass is 10.1. The van der Waals surface area contributed by atoms with Crippen LogP contribution < -0.4 is 10.0 Å². The summed E-state index contributed by atoms with van der Waals surface area (Å²) in [4.78, 5) is 16.9. The van der Waals surface area contributed by atoms with Crippen LogP contribution in [0.5, 0.6) is 0 Å². The van der Waals surface area contributed by atoms with E-state index in [2.05, 4.69) is 15.0 Å². The topological polar surface area (TPSA) is 87.6 Å². The summed E-state index contributed by atoms with van der Waals surface area (Å²) < 4.78 is 26.7. The summed E-state index contributed by atoms with van der Waals surface area (Å²) in [7, 11) is -3.58. The van der Waals surface area contributed by atoms with Crippen LogP contribution in [0.15, 0.2) is 34.2 Å². The Balaban J connectivity index is 2.30. The molecule has 0 aliphatic carbocycles. The Morgan fingerprint density at radius 3 is 2.70 bits per heavy atom. The molecule has 1 aliphatic rings. The van der Waals surface area contributed by atoms with Crippen LogP contribution >= 0.6 is 0 Å². The summed E-state index contributed by atoms with van der Waals surface area (Å²) in [5, 5.41) is 2.84. The molecule has 2 rings (SSSR count). The molecule has 0 saturated carbocycles. The smallest absolute Gasteiger partial charge is 0.263 e. The molecule has 1 heterocycles. The van der Waals surface area contributed by atoms with Crippen molar-refractivity contribution >= 4 is 21.8 Å². The highest BCUT2D eigenvalue weighted by Gasteiger charge is 2.31. The second-order valence-electron chi connectivity index (χ2n) is 5.53. The number of carbonyl (C=O) groups is 1. The molecule has 23 heavy (non-hydrogen) atoms. The zero-order valence-corrected chi connectivity index (χ0v) is 14.3. The lowest BCUT2D eigenvalue weighted by Crippen LogP contribution is -2.36. The van der Waals surface area contributed by atoms with Gasteiger partial charge >= 0.3 is 0 Å². The van der Waals surface area contributed by atoms with Crippen LogP contribution in [0.3, 0.4) is 0 Å². The number of unbranched alkanes of at least 4 members (excludes halogenated alkanes) is 1. The molecule has 0 saturated heterocycles. The largest absolute Gasteiger partial charge is 0.354 e. The summed E-state index contributed by atoms with van der Waals surface area (Å²) in [6, 6.07) is 6.09. The van der Waals surface area contributed by atoms with Gasteiger partial charge in [0.1, 0.15) is 11.9 Å². The number of hydrogen-bond donors (Lipinski definition) is 2. The molecule has 0 fully saturated rings. The number of amides is 1. The highest BCUT2D eigenvalue weighted by Crippen LogP contribution is 2.23. The van der Waals surface area contributed by atoms with Crippen molar-refractivity contribution in [2.75, 3.05) is 6.54 Å². The molecule has 2 N–H and O–H groups in total. The fraction of sp³-hybridized carbons (Fsp3) is 0.500. The maximum atomic E-state index is 12.3. The lowest BCUT2D eigenvalue weighted by Gasteiger charge is -2.13. The van der Waals surface area contributed by atoms with Crippen LogP contribution in [-0.4, -0.2) is 32.7 Å². The summed E-state index contributed by atoms with van der Waals surface area (Å²) in [6.45, 7) is 4.62. The number of nitrogens with zero attached hydrogens (tertiary/aromatic N) is 1. The average Bonchev–Trinajstić information content (AvgIpc) is 2.80. The van der Waals surface area contributed by atoms with E-state index in [1.54, 1.807) is 24.3 Å². The van der Waals surface area contributed by atoms with Crippen LogP contribution in [0, 0.1) is 0 Å². The summed E-state index contributed by atoms with van der Waals surface area (Å²) >= 11 is 0. The van der Waals surface area contributed by atoms with E-state index in [9.17, 15) is 13.2 Å². The average molecular weight is 337 g/mol. The highest BCUT2D eigenvalue weighted by atomic mass is 32.2. The number of amidine groups is 1. The van der Waals surface area contributed by atoms with Gasteiger partial charge in [-0.05, 0) is 25.0 Å². The molecule has 1 aromatic carbocycles. The first-order valence-electron chi connectivity index (χ1n) is 7.97. The molecule has 1 amide bonds. The lowest BCUT2D eigenvalue weighted by molar-refractivity contribution is -0.122. The van der Waals surface area contributed by atoms with Crippen molar-refractivity contribution in [1.82, 2.24) is 10.0 Å². The monoisotopic (exact) mass is 337 g/mol. The molecule has 1 aliphatic heterocycles. The van der Waals surface area contributed by atoms with Crippen molar-refractivity contribution in [3.8, 4) is 0 Å². The van der Waals surface area contributed by atoms with Crippen molar-refractivity contribution in [2.24, 2.45) is 4.99 Å². The first kappa shape index (κ1) is 17.5. The third kappa shape index (κ3) is 4.10. The number of fused-ring (bicyclic) bond motifs is 1. The maximum absolute atomic E-state index is 12.3. The Hall–Kier alpha value is -1.89. The van der Waals surface area contributed by atoms with E-state index in [4.69, 9.17) is 0 Å². The van der Waals surface area contributed by atoms with Gasteiger partial charge in [-0.3, -0.25) is 14.5 Å². The van der Waals surface area contributed by atoms with E-state index in [1.165, 1.54) is 0 Å². The predicted molar refractivity (Wildman–Crippen MR) is 89.9 cm³/mol. The number of nitrogens with one attached hydrogen (secondary N) is 2. The van der Waals surface area contributed by atoms with Gasteiger partial charge in [0, 0.05) is 12.1 Å². The molecular formula is C16H23N3O3S. The van der Waals surface area contributed by atoms with Crippen LogP contribution in [0.25, 0.3) is 0 Å². The fourth-order valence-corrected chi connectivity index (χ4v) is 3.64. The molecule has 0 spiro atoms. The van der Waals surface area contributed by atoms with Crippen LogP contribution in [0.1, 0.15) is 45.1 Å². The van der Waals surface area contributed by atoms with E-state index in [0.717, 1.165) is 19.3 Å². The number of hydrogen-bond acceptors (Lipinski definition) is 4. The van der Waals surface area contributed by atoms with Gasteiger partial charge in [0.05, 0.1) is 4.90 Å². The van der Waals surface area contributed by atoms with Crippen LogP contribution in [0.4, 0.5) is 0 Å². The molecule has 0 bridgehead atoms. The fourth-order valence-electron chi connectivity index (χ4n) is 2.40. The van der Waals surface area contributed by atoms with Gasteiger partial charge < -0.3 is 5.32 Å². The number of aliphatic imine (C=N–C) groups is 1. The Morgan fingerprint density at radius 1 is 1.26 bits per heavy atom. The van der Waals surface area contributed by atoms with Crippen molar-refractivity contribution in [3.63, 3.8) is 0 Å². The second kappa shape index (κ2) is 7.59. The van der Waals surface area contributed by atoms with Crippen molar-refractivity contribution in [2.45, 2.75) is 50.5 Å². The first-order chi connectivity index (χ1) is 11.0. The van der Waals surface area contributed by atoms with E-state index in [1.807, 2.05) is 13.8 Å². The quantitative estimate of drug-likeness (QED) is 0.795. The van der Waals surface area contributed by atoms with Gasteiger partial charge in [-0.25, -0.2) is 8.42 Å². The minimum absolute atomic E-state index is 0.156. The van der Waals surface area contributed by atoms with Crippen LogP contribution in [0.2, 0.25) is 0 Å². The van der Waals surface area contributed by atoms with Gasteiger partial charge in [0.2, 0.25) is 5.91 Å². The predicted octanol–water partition coefficient (Wildman–Crippen LogP) is 1.81. The Kier molecular flexibility index (Phi) is 5.76. The molecule has 1 aromatic rings. The van der Waals surface area contributed by atoms with Gasteiger partial charge in [-0.1, -0.05) is 38.8 Å². The molecule has 126 valence electrons. The van der Waals surface area contributed by atoms with Crippen molar-refractivity contribution in [3.05, 3.63) is 29.8 Å². The molecule has 6 nitrogen and oxygen atoms in total. The van der Waals surface area contributed by atoms with E-state index in [-0.39, 0.29) is 16.6 Å². The summed E-state index contributed by atoms with van der Waals surface area (Å²) in [6.07, 6.45) is 3.25. The molecule has 7 heteroatoms. The number of carbonyl (C=O) groups excluding carboxylic acids is 1. The van der Waals surface area contributed by atoms with Gasteiger partial charge in [0.15, 0.2) is 0 Å². The molecule has 1 atom stereocenters. The minimum Gasteiger partial charge on any atom is -0.354 e. The maximum Gasteiger partial charge on any atom is 0.263 e. The summed E-state index contributed by atoms with van der Waals surface area (Å²) in [5.41, 5.74) is 0.525.